The van der Waals surface area contributed by atoms with Crippen molar-refractivity contribution < 1.29 is 9.53 Å². The van der Waals surface area contributed by atoms with E-state index in [9.17, 15) is 4.79 Å². The predicted molar refractivity (Wildman–Crippen MR) is 51.8 cm³/mol. The molecule has 0 aromatic rings. The topological polar surface area (TPSA) is 38.3 Å². The van der Waals surface area contributed by atoms with E-state index in [1.54, 1.807) is 0 Å². The lowest BCUT2D eigenvalue weighted by Gasteiger charge is -2.45. The van der Waals surface area contributed by atoms with Gasteiger partial charge in [-0.05, 0) is 36.5 Å². The number of carbonyl (C=O) groups is 1. The second-order valence-electron chi connectivity index (χ2n) is 5.60. The first-order valence-electron chi connectivity index (χ1n) is 5.51. The fourth-order valence-corrected chi connectivity index (χ4v) is 3.98. The van der Waals surface area contributed by atoms with Crippen molar-refractivity contribution in [3.05, 3.63) is 0 Å². The van der Waals surface area contributed by atoms with E-state index in [0.717, 1.165) is 5.92 Å². The average Bonchev–Trinajstić information content (AvgIpc) is 2.72. The fourth-order valence-electron chi connectivity index (χ4n) is 3.98. The minimum atomic E-state index is -0.217. The predicted octanol–water partition coefficient (Wildman–Crippen LogP) is 1.92. The third-order valence-corrected chi connectivity index (χ3v) is 5.06. The first-order valence-corrected chi connectivity index (χ1v) is 5.51. The van der Waals surface area contributed by atoms with E-state index in [4.69, 9.17) is 4.74 Å². The number of nitrogens with one attached hydrogen (secondary N) is 1. The van der Waals surface area contributed by atoms with Gasteiger partial charge in [0.15, 0.2) is 0 Å². The number of alkyl carbamates (subject to hydrolysis) is 1. The molecule has 1 N–H and O–H groups in total. The fraction of sp³-hybridized carbons (Fsp3) is 0.909. The van der Waals surface area contributed by atoms with Crippen molar-refractivity contribution in [1.29, 1.82) is 0 Å². The van der Waals surface area contributed by atoms with Crippen LogP contribution in [0.3, 0.4) is 0 Å². The average molecular weight is 195 g/mol. The maximum absolute atomic E-state index is 11.2. The molecule has 2 saturated carbocycles. The molecule has 3 heteroatoms. The van der Waals surface area contributed by atoms with Crippen molar-refractivity contribution in [2.45, 2.75) is 38.6 Å². The summed E-state index contributed by atoms with van der Waals surface area (Å²) < 4.78 is 5.13. The highest BCUT2D eigenvalue weighted by atomic mass is 16.6. The van der Waals surface area contributed by atoms with Crippen LogP contribution in [0.4, 0.5) is 4.79 Å². The lowest BCUT2D eigenvalue weighted by atomic mass is 9.64. The largest absolute Gasteiger partial charge is 0.447 e. The number of hydrogen-bond donors (Lipinski definition) is 1. The van der Waals surface area contributed by atoms with Crippen LogP contribution in [-0.2, 0) is 4.74 Å². The molecule has 1 spiro atoms. The summed E-state index contributed by atoms with van der Waals surface area (Å²) in [6.45, 7) is 5.15. The zero-order valence-electron chi connectivity index (χ0n) is 8.80. The summed E-state index contributed by atoms with van der Waals surface area (Å²) in [5, 5.41) is 3.09. The summed E-state index contributed by atoms with van der Waals surface area (Å²) in [6, 6.07) is 0. The smallest absolute Gasteiger partial charge is 0.407 e. The first-order chi connectivity index (χ1) is 6.56. The lowest BCUT2D eigenvalue weighted by molar-refractivity contribution is 0.0550. The SMILES string of the molecule is CC1(C)C2CCC(C2)[C@@]12COC(=O)N2. The minimum Gasteiger partial charge on any atom is -0.447 e. The van der Waals surface area contributed by atoms with E-state index < -0.39 is 0 Å². The van der Waals surface area contributed by atoms with Gasteiger partial charge in [-0.2, -0.15) is 0 Å². The van der Waals surface area contributed by atoms with Crippen LogP contribution in [-0.4, -0.2) is 18.2 Å². The minimum absolute atomic E-state index is 0.0486. The Morgan fingerprint density at radius 3 is 2.57 bits per heavy atom. The summed E-state index contributed by atoms with van der Waals surface area (Å²) in [5.41, 5.74) is 0.162. The molecule has 1 aliphatic heterocycles. The molecule has 2 unspecified atom stereocenters. The van der Waals surface area contributed by atoms with E-state index in [2.05, 4.69) is 19.2 Å². The van der Waals surface area contributed by atoms with Crippen LogP contribution in [0.25, 0.3) is 0 Å². The second kappa shape index (κ2) is 2.26. The maximum Gasteiger partial charge on any atom is 0.407 e. The third kappa shape index (κ3) is 0.733. The Bertz CT molecular complexity index is 300. The van der Waals surface area contributed by atoms with Crippen molar-refractivity contribution in [2.75, 3.05) is 6.61 Å². The number of ether oxygens (including phenoxy) is 1. The standard InChI is InChI=1S/C11H17NO2/c1-10(2)7-3-4-8(5-7)11(10)6-14-9(13)12-11/h7-8H,3-6H2,1-2H3,(H,12,13)/t7?,8?,11-/m0/s1. The number of rotatable bonds is 0. The van der Waals surface area contributed by atoms with Gasteiger partial charge >= 0.3 is 6.09 Å². The van der Waals surface area contributed by atoms with Gasteiger partial charge in [0.1, 0.15) is 6.61 Å². The Balaban J connectivity index is 2.02. The molecule has 1 amide bonds. The van der Waals surface area contributed by atoms with Gasteiger partial charge in [-0.3, -0.25) is 0 Å². The summed E-state index contributed by atoms with van der Waals surface area (Å²) in [6.07, 6.45) is 3.65. The number of fused-ring (bicyclic) bond motifs is 3. The van der Waals surface area contributed by atoms with Crippen molar-refractivity contribution in [2.24, 2.45) is 17.3 Å². The van der Waals surface area contributed by atoms with Gasteiger partial charge in [-0.1, -0.05) is 13.8 Å². The maximum atomic E-state index is 11.2. The van der Waals surface area contributed by atoms with E-state index in [0.29, 0.717) is 12.5 Å². The number of hydrogen-bond acceptors (Lipinski definition) is 2. The molecule has 3 atom stereocenters. The normalized spacial score (nSPS) is 48.3. The second-order valence-corrected chi connectivity index (χ2v) is 5.60. The van der Waals surface area contributed by atoms with Gasteiger partial charge in [0.2, 0.25) is 0 Å². The molecule has 0 radical (unpaired) electrons. The van der Waals surface area contributed by atoms with Gasteiger partial charge in [-0.25, -0.2) is 4.79 Å². The van der Waals surface area contributed by atoms with Crippen molar-refractivity contribution in [1.82, 2.24) is 5.32 Å². The van der Waals surface area contributed by atoms with Crippen LogP contribution < -0.4 is 5.32 Å². The van der Waals surface area contributed by atoms with Crippen LogP contribution in [0.1, 0.15) is 33.1 Å². The molecular formula is C11H17NO2. The number of cyclic esters (lactones) is 1. The van der Waals surface area contributed by atoms with Crippen molar-refractivity contribution in [3.63, 3.8) is 0 Å². The highest BCUT2D eigenvalue weighted by Crippen LogP contribution is 2.62. The van der Waals surface area contributed by atoms with Gasteiger partial charge < -0.3 is 10.1 Å². The van der Waals surface area contributed by atoms with Gasteiger partial charge in [0.25, 0.3) is 0 Å². The van der Waals surface area contributed by atoms with E-state index in [-0.39, 0.29) is 17.0 Å². The first kappa shape index (κ1) is 8.57. The molecule has 0 aromatic heterocycles. The van der Waals surface area contributed by atoms with Gasteiger partial charge in [-0.15, -0.1) is 0 Å². The molecule has 2 aliphatic carbocycles. The molecule has 3 nitrogen and oxygen atoms in total. The summed E-state index contributed by atoms with van der Waals surface area (Å²) >= 11 is 0. The summed E-state index contributed by atoms with van der Waals surface area (Å²) in [7, 11) is 0. The Labute approximate surface area is 84.2 Å². The van der Waals surface area contributed by atoms with Crippen LogP contribution >= 0.6 is 0 Å². The molecular weight excluding hydrogens is 178 g/mol. The molecule has 1 heterocycles. The highest BCUT2D eigenvalue weighted by molar-refractivity contribution is 5.71. The molecule has 3 rings (SSSR count). The van der Waals surface area contributed by atoms with Gasteiger partial charge in [0, 0.05) is 0 Å². The van der Waals surface area contributed by atoms with Crippen LogP contribution in [0.2, 0.25) is 0 Å². The Hall–Kier alpha value is -0.730. The zero-order valence-corrected chi connectivity index (χ0v) is 8.80. The molecule has 3 aliphatic rings. The summed E-state index contributed by atoms with van der Waals surface area (Å²) in [4.78, 5) is 11.2. The Morgan fingerprint density at radius 1 is 1.36 bits per heavy atom. The highest BCUT2D eigenvalue weighted by Gasteiger charge is 2.66. The molecule has 1 saturated heterocycles. The zero-order chi connectivity index (χ0) is 9.97. The van der Waals surface area contributed by atoms with E-state index in [1.165, 1.54) is 19.3 Å². The lowest BCUT2D eigenvalue weighted by Crippen LogP contribution is -2.58. The van der Waals surface area contributed by atoms with Crippen LogP contribution in [0.15, 0.2) is 0 Å². The van der Waals surface area contributed by atoms with E-state index in [1.807, 2.05) is 0 Å². The van der Waals surface area contributed by atoms with Crippen molar-refractivity contribution >= 4 is 6.09 Å². The summed E-state index contributed by atoms with van der Waals surface area (Å²) in [5.74, 6) is 1.42. The Kier molecular flexibility index (Phi) is 1.38. The van der Waals surface area contributed by atoms with Crippen molar-refractivity contribution in [3.8, 4) is 0 Å². The molecule has 3 fully saturated rings. The van der Waals surface area contributed by atoms with E-state index >= 15 is 0 Å². The molecule has 0 aromatic carbocycles. The molecule has 78 valence electrons. The van der Waals surface area contributed by atoms with Crippen LogP contribution in [0, 0.1) is 17.3 Å². The van der Waals surface area contributed by atoms with Crippen LogP contribution in [0.5, 0.6) is 0 Å². The number of amides is 1. The Morgan fingerprint density at radius 2 is 2.07 bits per heavy atom. The van der Waals surface area contributed by atoms with Gasteiger partial charge in [0.05, 0.1) is 5.54 Å². The third-order valence-electron chi connectivity index (χ3n) is 5.06. The molecule has 2 bridgehead atoms. The monoisotopic (exact) mass is 195 g/mol. The molecule has 14 heavy (non-hydrogen) atoms. The number of carbonyl (C=O) groups excluding carboxylic acids is 1. The quantitative estimate of drug-likeness (QED) is 0.641.